The van der Waals surface area contributed by atoms with Crippen LogP contribution in [-0.2, 0) is 9.53 Å². The third-order valence-electron chi connectivity index (χ3n) is 1.21. The standard InChI is InChI=1S/C7H6ClF5O2/c1-2-15-3-4(8)5(14)6(9,10)7(11,12)13/h3H,2H2,1H3/b4-3-. The number of ketones is 1. The predicted octanol–water partition coefficient (Wildman–Crippen LogP) is 2.87. The van der Waals surface area contributed by atoms with Gasteiger partial charge in [-0.2, -0.15) is 22.0 Å². The van der Waals surface area contributed by atoms with Crippen molar-refractivity contribution in [2.75, 3.05) is 6.61 Å². The second-order valence-electron chi connectivity index (χ2n) is 2.32. The maximum Gasteiger partial charge on any atom is 0.461 e. The summed E-state index contributed by atoms with van der Waals surface area (Å²) in [4.78, 5) is 10.6. The van der Waals surface area contributed by atoms with E-state index in [1.807, 2.05) is 0 Å². The van der Waals surface area contributed by atoms with E-state index >= 15 is 0 Å². The predicted molar refractivity (Wildman–Crippen MR) is 41.6 cm³/mol. The molecule has 0 aliphatic heterocycles. The zero-order chi connectivity index (χ0) is 12.3. The fourth-order valence-electron chi connectivity index (χ4n) is 0.489. The Morgan fingerprint density at radius 3 is 2.13 bits per heavy atom. The lowest BCUT2D eigenvalue weighted by molar-refractivity contribution is -0.266. The molecule has 0 aromatic heterocycles. The molecule has 0 unspecified atom stereocenters. The Kier molecular flexibility index (Phi) is 4.51. The van der Waals surface area contributed by atoms with E-state index in [2.05, 4.69) is 4.74 Å². The van der Waals surface area contributed by atoms with Crippen LogP contribution in [0, 0.1) is 0 Å². The van der Waals surface area contributed by atoms with Crippen molar-refractivity contribution in [1.82, 2.24) is 0 Å². The van der Waals surface area contributed by atoms with Crippen molar-refractivity contribution in [3.63, 3.8) is 0 Å². The van der Waals surface area contributed by atoms with Gasteiger partial charge in [0.2, 0.25) is 0 Å². The van der Waals surface area contributed by atoms with E-state index in [0.29, 0.717) is 6.26 Å². The molecule has 15 heavy (non-hydrogen) atoms. The second kappa shape index (κ2) is 4.78. The first-order valence-corrected chi connectivity index (χ1v) is 3.99. The molecule has 0 fully saturated rings. The lowest BCUT2D eigenvalue weighted by Gasteiger charge is -2.17. The molecule has 0 aliphatic carbocycles. The lowest BCUT2D eigenvalue weighted by atomic mass is 10.2. The molecule has 0 spiro atoms. The van der Waals surface area contributed by atoms with Gasteiger partial charge in [0.15, 0.2) is 0 Å². The molecule has 0 rings (SSSR count). The minimum absolute atomic E-state index is 0.0128. The zero-order valence-corrected chi connectivity index (χ0v) is 8.12. The number of hydrogen-bond donors (Lipinski definition) is 0. The minimum Gasteiger partial charge on any atom is -0.500 e. The van der Waals surface area contributed by atoms with Crippen LogP contribution in [0.2, 0.25) is 0 Å². The number of Topliss-reactive ketones (excluding diaryl/α,β-unsaturated/α-hetero) is 1. The Labute approximate surface area is 86.6 Å². The van der Waals surface area contributed by atoms with Crippen LogP contribution in [-0.4, -0.2) is 24.5 Å². The van der Waals surface area contributed by atoms with Crippen LogP contribution in [0.4, 0.5) is 22.0 Å². The molecule has 0 aromatic rings. The molecular weight excluding hydrogens is 247 g/mol. The first-order valence-electron chi connectivity index (χ1n) is 3.61. The third-order valence-corrected chi connectivity index (χ3v) is 1.47. The van der Waals surface area contributed by atoms with Crippen molar-refractivity contribution >= 4 is 17.4 Å². The van der Waals surface area contributed by atoms with Crippen LogP contribution in [0.1, 0.15) is 6.92 Å². The average Bonchev–Trinajstić information content (AvgIpc) is 2.10. The Bertz CT molecular complexity index is 271. The molecule has 0 bridgehead atoms. The van der Waals surface area contributed by atoms with Crippen LogP contribution in [0.5, 0.6) is 0 Å². The fourth-order valence-corrected chi connectivity index (χ4v) is 0.670. The van der Waals surface area contributed by atoms with Gasteiger partial charge in [-0.25, -0.2) is 0 Å². The van der Waals surface area contributed by atoms with Gasteiger partial charge in [0.25, 0.3) is 5.78 Å². The summed E-state index contributed by atoms with van der Waals surface area (Å²) in [6, 6.07) is 0. The Hall–Kier alpha value is -0.850. The van der Waals surface area contributed by atoms with Gasteiger partial charge >= 0.3 is 12.1 Å². The maximum absolute atomic E-state index is 12.3. The summed E-state index contributed by atoms with van der Waals surface area (Å²) in [6.45, 7) is 1.42. The molecular formula is C7H6ClF5O2. The van der Waals surface area contributed by atoms with Gasteiger partial charge in [0.05, 0.1) is 6.61 Å². The van der Waals surface area contributed by atoms with Crippen molar-refractivity contribution in [1.29, 1.82) is 0 Å². The van der Waals surface area contributed by atoms with E-state index in [4.69, 9.17) is 11.6 Å². The van der Waals surface area contributed by atoms with Crippen LogP contribution >= 0.6 is 11.6 Å². The Morgan fingerprint density at radius 2 is 1.80 bits per heavy atom. The number of ether oxygens (including phenoxy) is 1. The van der Waals surface area contributed by atoms with Crippen LogP contribution in [0.3, 0.4) is 0 Å². The largest absolute Gasteiger partial charge is 0.500 e. The number of alkyl halides is 5. The number of hydrogen-bond acceptors (Lipinski definition) is 2. The van der Waals surface area contributed by atoms with E-state index < -0.39 is 22.9 Å². The highest BCUT2D eigenvalue weighted by Crippen LogP contribution is 2.38. The molecule has 0 radical (unpaired) electrons. The maximum atomic E-state index is 12.3. The van der Waals surface area contributed by atoms with Crippen LogP contribution in [0.25, 0.3) is 0 Å². The Morgan fingerprint density at radius 1 is 1.33 bits per heavy atom. The molecule has 0 aliphatic rings. The molecule has 8 heteroatoms. The number of carbonyl (C=O) groups is 1. The SMILES string of the molecule is CCO/C=C(\Cl)C(=O)C(F)(F)C(F)(F)F. The van der Waals surface area contributed by atoms with Crippen LogP contribution in [0.15, 0.2) is 11.3 Å². The third kappa shape index (κ3) is 3.33. The zero-order valence-electron chi connectivity index (χ0n) is 7.37. The van der Waals surface area contributed by atoms with Crippen molar-refractivity contribution in [3.05, 3.63) is 11.3 Å². The average molecular weight is 253 g/mol. The molecule has 0 amide bonds. The number of halogens is 6. The first kappa shape index (κ1) is 14.2. The quantitative estimate of drug-likeness (QED) is 0.437. The second-order valence-corrected chi connectivity index (χ2v) is 2.73. The van der Waals surface area contributed by atoms with Gasteiger partial charge in [0.1, 0.15) is 11.3 Å². The van der Waals surface area contributed by atoms with E-state index in [0.717, 1.165) is 0 Å². The molecule has 0 atom stereocenters. The highest BCUT2D eigenvalue weighted by Gasteiger charge is 2.63. The van der Waals surface area contributed by atoms with Gasteiger partial charge in [-0.3, -0.25) is 4.79 Å². The van der Waals surface area contributed by atoms with Crippen molar-refractivity contribution < 1.29 is 31.5 Å². The smallest absolute Gasteiger partial charge is 0.461 e. The van der Waals surface area contributed by atoms with Crippen molar-refractivity contribution in [3.8, 4) is 0 Å². The summed E-state index contributed by atoms with van der Waals surface area (Å²) in [5, 5.41) is -1.31. The minimum atomic E-state index is -5.97. The molecule has 0 aromatic carbocycles. The lowest BCUT2D eigenvalue weighted by Crippen LogP contribution is -2.44. The Balaban J connectivity index is 4.86. The molecule has 88 valence electrons. The van der Waals surface area contributed by atoms with Crippen LogP contribution < -0.4 is 0 Å². The highest BCUT2D eigenvalue weighted by molar-refractivity contribution is 6.43. The molecule has 0 saturated heterocycles. The van der Waals surface area contributed by atoms with Gasteiger partial charge in [-0.05, 0) is 6.92 Å². The summed E-state index contributed by atoms with van der Waals surface area (Å²) in [6.07, 6.45) is -5.62. The number of carbonyl (C=O) groups excluding carboxylic acids is 1. The van der Waals surface area contributed by atoms with Crippen molar-refractivity contribution in [2.45, 2.75) is 19.0 Å². The summed E-state index contributed by atoms with van der Waals surface area (Å²) in [7, 11) is 0. The molecule has 2 nitrogen and oxygen atoms in total. The number of allylic oxidation sites excluding steroid dienone is 1. The van der Waals surface area contributed by atoms with Gasteiger partial charge < -0.3 is 4.74 Å². The van der Waals surface area contributed by atoms with Crippen molar-refractivity contribution in [2.24, 2.45) is 0 Å². The van der Waals surface area contributed by atoms with E-state index in [1.165, 1.54) is 6.92 Å². The summed E-state index contributed by atoms with van der Waals surface area (Å²) in [5.41, 5.74) is 0. The summed E-state index contributed by atoms with van der Waals surface area (Å²) in [5.74, 6) is -8.04. The van der Waals surface area contributed by atoms with Gasteiger partial charge in [0, 0.05) is 0 Å². The molecule has 0 N–H and O–H groups in total. The summed E-state index contributed by atoms with van der Waals surface area (Å²) < 4.78 is 64.0. The van der Waals surface area contributed by atoms with Gasteiger partial charge in [-0.1, -0.05) is 11.6 Å². The fraction of sp³-hybridized carbons (Fsp3) is 0.571. The van der Waals surface area contributed by atoms with E-state index in [9.17, 15) is 26.7 Å². The normalized spacial score (nSPS) is 13.9. The van der Waals surface area contributed by atoms with Gasteiger partial charge in [-0.15, -0.1) is 0 Å². The molecule has 0 heterocycles. The van der Waals surface area contributed by atoms with E-state index in [1.54, 1.807) is 0 Å². The topological polar surface area (TPSA) is 26.3 Å². The highest BCUT2D eigenvalue weighted by atomic mass is 35.5. The monoisotopic (exact) mass is 252 g/mol. The number of rotatable bonds is 4. The summed E-state index contributed by atoms with van der Waals surface area (Å²) >= 11 is 4.91. The van der Waals surface area contributed by atoms with E-state index in [-0.39, 0.29) is 6.61 Å². The first-order chi connectivity index (χ1) is 6.64. The molecule has 0 saturated carbocycles.